The van der Waals surface area contributed by atoms with Crippen LogP contribution in [0.1, 0.15) is 52.4 Å². The first-order valence-electron chi connectivity index (χ1n) is 11.9. The number of rotatable bonds is 14. The molecule has 194 valence electrons. The van der Waals surface area contributed by atoms with Gasteiger partial charge in [-0.15, -0.1) is 0 Å². The summed E-state index contributed by atoms with van der Waals surface area (Å²) in [5.74, 6) is 0.101. The number of carbonyl (C=O) groups excluding carboxylic acids is 4. The van der Waals surface area contributed by atoms with Crippen molar-refractivity contribution < 1.29 is 38.1 Å². The second-order valence-corrected chi connectivity index (χ2v) is 8.22. The standard InChI is InChI=1S/C23H39N3O8/c1-4-24-21(28)32-10-5-6-11-33-22(29)25-15-18-8-7-9-19(14-18)16-26-23(30)34-13-12-31-20(27)17(2)3/h18-19H,2,4-16H2,1,3H3,(H,24,28)(H,25,29)(H,26,30). The van der Waals surface area contributed by atoms with Gasteiger partial charge in [0.2, 0.25) is 0 Å². The van der Waals surface area contributed by atoms with Gasteiger partial charge in [0.05, 0.1) is 13.2 Å². The van der Waals surface area contributed by atoms with Crippen molar-refractivity contribution in [2.75, 3.05) is 46.1 Å². The fourth-order valence-corrected chi connectivity index (χ4v) is 3.45. The minimum atomic E-state index is -0.549. The normalized spacial score (nSPS) is 17.1. The fraction of sp³-hybridized carbons (Fsp3) is 0.739. The molecule has 1 aliphatic carbocycles. The van der Waals surface area contributed by atoms with Gasteiger partial charge in [0.1, 0.15) is 13.2 Å². The summed E-state index contributed by atoms with van der Waals surface area (Å²) in [5, 5.41) is 8.07. The Morgan fingerprint density at radius 2 is 1.24 bits per heavy atom. The van der Waals surface area contributed by atoms with Crippen molar-refractivity contribution in [3.05, 3.63) is 12.2 Å². The smallest absolute Gasteiger partial charge is 0.407 e. The number of ether oxygens (including phenoxy) is 4. The van der Waals surface area contributed by atoms with E-state index in [4.69, 9.17) is 18.9 Å². The van der Waals surface area contributed by atoms with Crippen LogP contribution in [0.25, 0.3) is 0 Å². The minimum Gasteiger partial charge on any atom is -0.459 e. The molecule has 0 radical (unpaired) electrons. The molecule has 0 aromatic rings. The molecule has 1 saturated carbocycles. The number of esters is 1. The zero-order valence-corrected chi connectivity index (χ0v) is 20.3. The van der Waals surface area contributed by atoms with E-state index in [0.29, 0.717) is 49.9 Å². The highest BCUT2D eigenvalue weighted by atomic mass is 16.6. The van der Waals surface area contributed by atoms with Crippen LogP contribution in [0, 0.1) is 11.8 Å². The first kappa shape index (κ1) is 29.1. The second kappa shape index (κ2) is 17.5. The third-order valence-corrected chi connectivity index (χ3v) is 5.19. The van der Waals surface area contributed by atoms with Crippen LogP contribution in [-0.2, 0) is 23.7 Å². The Hall–Kier alpha value is -2.98. The van der Waals surface area contributed by atoms with Crippen LogP contribution >= 0.6 is 0 Å². The molecule has 0 spiro atoms. The number of alkyl carbamates (subject to hydrolysis) is 3. The van der Waals surface area contributed by atoms with Crippen LogP contribution in [0.15, 0.2) is 12.2 Å². The number of nitrogens with one attached hydrogen (secondary N) is 3. The van der Waals surface area contributed by atoms with Crippen molar-refractivity contribution >= 4 is 24.2 Å². The maximum absolute atomic E-state index is 11.9. The van der Waals surface area contributed by atoms with Gasteiger partial charge in [-0.1, -0.05) is 13.0 Å². The predicted octanol–water partition coefficient (Wildman–Crippen LogP) is 2.89. The van der Waals surface area contributed by atoms with Gasteiger partial charge < -0.3 is 34.9 Å². The highest BCUT2D eigenvalue weighted by Crippen LogP contribution is 2.28. The van der Waals surface area contributed by atoms with E-state index in [1.54, 1.807) is 6.92 Å². The van der Waals surface area contributed by atoms with Crippen molar-refractivity contribution in [2.45, 2.75) is 52.4 Å². The van der Waals surface area contributed by atoms with Crippen molar-refractivity contribution in [2.24, 2.45) is 11.8 Å². The monoisotopic (exact) mass is 485 g/mol. The van der Waals surface area contributed by atoms with Crippen molar-refractivity contribution in [1.29, 1.82) is 0 Å². The fourth-order valence-electron chi connectivity index (χ4n) is 3.45. The molecule has 0 heterocycles. The summed E-state index contributed by atoms with van der Waals surface area (Å²) in [6.45, 7) is 8.86. The molecule has 0 bridgehead atoms. The summed E-state index contributed by atoms with van der Waals surface area (Å²) in [4.78, 5) is 46.1. The summed E-state index contributed by atoms with van der Waals surface area (Å²) in [5.41, 5.74) is 0.291. The lowest BCUT2D eigenvalue weighted by atomic mass is 9.81. The molecule has 1 fully saturated rings. The highest BCUT2D eigenvalue weighted by Gasteiger charge is 2.23. The van der Waals surface area contributed by atoms with E-state index in [0.717, 1.165) is 25.7 Å². The minimum absolute atomic E-state index is 0.0176. The molecule has 1 aliphatic rings. The number of carbonyl (C=O) groups is 4. The lowest BCUT2D eigenvalue weighted by Crippen LogP contribution is -2.36. The molecule has 3 N–H and O–H groups in total. The SMILES string of the molecule is C=C(C)C(=O)OCCOC(=O)NCC1CCCC(CNC(=O)OCCCCOC(=O)NCC)C1. The summed E-state index contributed by atoms with van der Waals surface area (Å²) in [6.07, 6.45) is 3.68. The summed E-state index contributed by atoms with van der Waals surface area (Å²) >= 11 is 0. The molecule has 2 unspecified atom stereocenters. The Labute approximate surface area is 201 Å². The summed E-state index contributed by atoms with van der Waals surface area (Å²) in [7, 11) is 0. The van der Waals surface area contributed by atoms with E-state index in [9.17, 15) is 19.2 Å². The van der Waals surface area contributed by atoms with Crippen LogP contribution < -0.4 is 16.0 Å². The van der Waals surface area contributed by atoms with Crippen molar-refractivity contribution in [3.8, 4) is 0 Å². The molecule has 11 nitrogen and oxygen atoms in total. The van der Waals surface area contributed by atoms with Crippen LogP contribution in [0.4, 0.5) is 14.4 Å². The molecule has 0 aromatic heterocycles. The van der Waals surface area contributed by atoms with Crippen LogP contribution in [0.5, 0.6) is 0 Å². The van der Waals surface area contributed by atoms with Gasteiger partial charge in [0.15, 0.2) is 0 Å². The molecular formula is C23H39N3O8. The van der Waals surface area contributed by atoms with E-state index in [1.165, 1.54) is 0 Å². The number of amides is 3. The number of hydrogen-bond acceptors (Lipinski definition) is 8. The van der Waals surface area contributed by atoms with Gasteiger partial charge in [0, 0.05) is 25.2 Å². The van der Waals surface area contributed by atoms with Gasteiger partial charge >= 0.3 is 24.2 Å². The maximum Gasteiger partial charge on any atom is 0.407 e. The van der Waals surface area contributed by atoms with Gasteiger partial charge in [-0.3, -0.25) is 0 Å². The van der Waals surface area contributed by atoms with Crippen LogP contribution in [0.3, 0.4) is 0 Å². The third-order valence-electron chi connectivity index (χ3n) is 5.19. The Morgan fingerprint density at radius 1 is 0.765 bits per heavy atom. The number of unbranched alkanes of at least 4 members (excludes halogenated alkanes) is 1. The van der Waals surface area contributed by atoms with Gasteiger partial charge in [-0.25, -0.2) is 19.2 Å². The van der Waals surface area contributed by atoms with E-state index < -0.39 is 24.2 Å². The molecule has 0 aliphatic heterocycles. The summed E-state index contributed by atoms with van der Waals surface area (Å²) < 4.78 is 19.9. The first-order chi connectivity index (χ1) is 16.3. The lowest BCUT2D eigenvalue weighted by molar-refractivity contribution is -0.139. The average Bonchev–Trinajstić information content (AvgIpc) is 2.81. The maximum atomic E-state index is 11.9. The van der Waals surface area contributed by atoms with E-state index in [2.05, 4.69) is 22.5 Å². The Balaban J connectivity index is 2.08. The topological polar surface area (TPSA) is 141 Å². The van der Waals surface area contributed by atoms with Gasteiger partial charge in [-0.05, 0) is 57.8 Å². The molecule has 1 rings (SSSR count). The Bertz CT molecular complexity index is 671. The molecule has 0 saturated heterocycles. The third kappa shape index (κ3) is 14.2. The van der Waals surface area contributed by atoms with E-state index in [-0.39, 0.29) is 26.4 Å². The highest BCUT2D eigenvalue weighted by molar-refractivity contribution is 5.86. The van der Waals surface area contributed by atoms with Crippen LogP contribution in [-0.4, -0.2) is 70.3 Å². The summed E-state index contributed by atoms with van der Waals surface area (Å²) in [6, 6.07) is 0. The zero-order chi connectivity index (χ0) is 25.2. The second-order valence-electron chi connectivity index (χ2n) is 8.22. The average molecular weight is 486 g/mol. The molecule has 3 amide bonds. The molecular weight excluding hydrogens is 446 g/mol. The van der Waals surface area contributed by atoms with Crippen LogP contribution in [0.2, 0.25) is 0 Å². The molecule has 0 aromatic carbocycles. The Morgan fingerprint density at radius 3 is 1.74 bits per heavy atom. The zero-order valence-electron chi connectivity index (χ0n) is 20.3. The Kier molecular flexibility index (Phi) is 14.9. The molecule has 2 atom stereocenters. The quantitative estimate of drug-likeness (QED) is 0.148. The van der Waals surface area contributed by atoms with E-state index in [1.807, 2.05) is 6.92 Å². The van der Waals surface area contributed by atoms with Gasteiger partial charge in [0.25, 0.3) is 0 Å². The van der Waals surface area contributed by atoms with Gasteiger partial charge in [-0.2, -0.15) is 0 Å². The predicted molar refractivity (Wildman–Crippen MR) is 124 cm³/mol. The van der Waals surface area contributed by atoms with E-state index >= 15 is 0 Å². The molecule has 11 heteroatoms. The number of hydrogen-bond donors (Lipinski definition) is 3. The molecule has 34 heavy (non-hydrogen) atoms. The van der Waals surface area contributed by atoms with Crippen molar-refractivity contribution in [3.63, 3.8) is 0 Å². The van der Waals surface area contributed by atoms with Crippen molar-refractivity contribution in [1.82, 2.24) is 16.0 Å². The first-order valence-corrected chi connectivity index (χ1v) is 11.9. The lowest BCUT2D eigenvalue weighted by Gasteiger charge is -2.29. The largest absolute Gasteiger partial charge is 0.459 e.